The lowest BCUT2D eigenvalue weighted by Crippen LogP contribution is -2.48. The highest BCUT2D eigenvalue weighted by atomic mass is 32.2. The second-order valence-electron chi connectivity index (χ2n) is 4.77. The van der Waals surface area contributed by atoms with E-state index in [2.05, 4.69) is 4.72 Å². The largest absolute Gasteiger partial charge is 0.380 e. The lowest BCUT2D eigenvalue weighted by atomic mass is 10.1. The van der Waals surface area contributed by atoms with Crippen molar-refractivity contribution < 1.29 is 13.2 Å². The Labute approximate surface area is 108 Å². The van der Waals surface area contributed by atoms with Crippen molar-refractivity contribution in [2.45, 2.75) is 30.9 Å². The van der Waals surface area contributed by atoms with E-state index < -0.39 is 15.6 Å². The van der Waals surface area contributed by atoms with Gasteiger partial charge in [-0.3, -0.25) is 0 Å². The summed E-state index contributed by atoms with van der Waals surface area (Å²) in [7, 11) is -1.99. The molecule has 0 aromatic heterocycles. The zero-order chi connectivity index (χ0) is 13.8. The predicted octanol–water partition coefficient (Wildman–Crippen LogP) is 0.849. The second-order valence-corrected chi connectivity index (χ2v) is 6.46. The molecule has 0 atom stereocenters. The zero-order valence-electron chi connectivity index (χ0n) is 10.9. The minimum atomic E-state index is -3.56. The maximum absolute atomic E-state index is 12.2. The van der Waals surface area contributed by atoms with Crippen LogP contribution in [0.15, 0.2) is 29.2 Å². The molecule has 1 rings (SSSR count). The van der Waals surface area contributed by atoms with Gasteiger partial charge in [0.05, 0.1) is 11.5 Å². The Morgan fingerprint density at radius 3 is 2.61 bits per heavy atom. The molecule has 0 bridgehead atoms. The Bertz CT molecular complexity index is 498. The lowest BCUT2D eigenvalue weighted by Gasteiger charge is -2.24. The molecule has 0 saturated carbocycles. The van der Waals surface area contributed by atoms with Gasteiger partial charge in [0.1, 0.15) is 0 Å². The number of methoxy groups -OCH3 is 1. The maximum Gasteiger partial charge on any atom is 0.241 e. The van der Waals surface area contributed by atoms with E-state index in [4.69, 9.17) is 10.5 Å². The maximum atomic E-state index is 12.2. The molecule has 6 heteroatoms. The highest BCUT2D eigenvalue weighted by Crippen LogP contribution is 2.14. The number of nitrogens with two attached hydrogens (primary N) is 1. The average molecular weight is 272 g/mol. The summed E-state index contributed by atoms with van der Waals surface area (Å²) in [6, 6.07) is 6.65. The molecule has 0 spiro atoms. The SMILES string of the molecule is COCc1cccc(S(=O)(=O)NC(C)(C)CN)c1. The molecule has 1 aromatic rings. The Kier molecular flexibility index (Phi) is 4.86. The van der Waals surface area contributed by atoms with Crippen LogP contribution in [-0.2, 0) is 21.4 Å². The molecule has 0 aliphatic heterocycles. The van der Waals surface area contributed by atoms with Crippen molar-refractivity contribution in [2.75, 3.05) is 13.7 Å². The van der Waals surface area contributed by atoms with E-state index in [9.17, 15) is 8.42 Å². The number of hydrogen-bond acceptors (Lipinski definition) is 4. The Morgan fingerprint density at radius 2 is 2.06 bits per heavy atom. The summed E-state index contributed by atoms with van der Waals surface area (Å²) in [4.78, 5) is 0.221. The van der Waals surface area contributed by atoms with Gasteiger partial charge in [-0.05, 0) is 31.5 Å². The van der Waals surface area contributed by atoms with E-state index in [0.29, 0.717) is 6.61 Å². The number of benzene rings is 1. The molecule has 0 heterocycles. The molecule has 102 valence electrons. The van der Waals surface area contributed by atoms with Crippen LogP contribution in [-0.4, -0.2) is 27.6 Å². The highest BCUT2D eigenvalue weighted by molar-refractivity contribution is 7.89. The smallest absolute Gasteiger partial charge is 0.241 e. The monoisotopic (exact) mass is 272 g/mol. The molecular formula is C12H20N2O3S. The Morgan fingerprint density at radius 1 is 1.39 bits per heavy atom. The van der Waals surface area contributed by atoms with Crippen LogP contribution in [0, 0.1) is 0 Å². The van der Waals surface area contributed by atoms with Crippen molar-refractivity contribution in [2.24, 2.45) is 5.73 Å². The molecule has 1 aromatic carbocycles. The fourth-order valence-electron chi connectivity index (χ4n) is 1.43. The molecule has 18 heavy (non-hydrogen) atoms. The molecule has 0 aliphatic rings. The van der Waals surface area contributed by atoms with Crippen molar-refractivity contribution in [1.29, 1.82) is 0 Å². The van der Waals surface area contributed by atoms with Crippen molar-refractivity contribution in [1.82, 2.24) is 4.72 Å². The van der Waals surface area contributed by atoms with Gasteiger partial charge < -0.3 is 10.5 Å². The average Bonchev–Trinajstić information content (AvgIpc) is 2.29. The number of nitrogens with one attached hydrogen (secondary N) is 1. The van der Waals surface area contributed by atoms with Crippen LogP contribution in [0.2, 0.25) is 0 Å². The first kappa shape index (κ1) is 15.1. The fourth-order valence-corrected chi connectivity index (χ4v) is 2.93. The number of sulfonamides is 1. The van der Waals surface area contributed by atoms with Crippen LogP contribution in [0.5, 0.6) is 0 Å². The minimum absolute atomic E-state index is 0.221. The van der Waals surface area contributed by atoms with Gasteiger partial charge in [-0.25, -0.2) is 13.1 Å². The lowest BCUT2D eigenvalue weighted by molar-refractivity contribution is 0.184. The number of hydrogen-bond donors (Lipinski definition) is 2. The first-order valence-electron chi connectivity index (χ1n) is 5.63. The first-order chi connectivity index (χ1) is 8.30. The van der Waals surface area contributed by atoms with Crippen LogP contribution in [0.3, 0.4) is 0 Å². The van der Waals surface area contributed by atoms with Gasteiger partial charge in [-0.2, -0.15) is 0 Å². The first-order valence-corrected chi connectivity index (χ1v) is 7.11. The van der Waals surface area contributed by atoms with Crippen LogP contribution in [0.25, 0.3) is 0 Å². The third-order valence-corrected chi connectivity index (χ3v) is 4.14. The molecule has 0 saturated heterocycles. The summed E-state index contributed by atoms with van der Waals surface area (Å²) >= 11 is 0. The molecule has 0 unspecified atom stereocenters. The van der Waals surface area contributed by atoms with Gasteiger partial charge in [0.15, 0.2) is 0 Å². The van der Waals surface area contributed by atoms with E-state index in [1.54, 1.807) is 39.2 Å². The normalized spacial score (nSPS) is 12.7. The zero-order valence-corrected chi connectivity index (χ0v) is 11.8. The van der Waals surface area contributed by atoms with Crippen LogP contribution >= 0.6 is 0 Å². The molecule has 0 amide bonds. The van der Waals surface area contributed by atoms with E-state index in [-0.39, 0.29) is 11.4 Å². The Balaban J connectivity index is 3.01. The van der Waals surface area contributed by atoms with Gasteiger partial charge in [-0.15, -0.1) is 0 Å². The quantitative estimate of drug-likeness (QED) is 0.804. The molecular weight excluding hydrogens is 252 g/mol. The van der Waals surface area contributed by atoms with Crippen LogP contribution < -0.4 is 10.5 Å². The molecule has 5 nitrogen and oxygen atoms in total. The Hall–Kier alpha value is -0.950. The summed E-state index contributed by atoms with van der Waals surface area (Å²) in [5.41, 5.74) is 5.66. The van der Waals surface area contributed by atoms with Gasteiger partial charge in [0.2, 0.25) is 10.0 Å². The van der Waals surface area contributed by atoms with Crippen molar-refractivity contribution in [3.05, 3.63) is 29.8 Å². The number of rotatable bonds is 6. The molecule has 0 aliphatic carbocycles. The van der Waals surface area contributed by atoms with Crippen LogP contribution in [0.1, 0.15) is 19.4 Å². The van der Waals surface area contributed by atoms with Crippen molar-refractivity contribution >= 4 is 10.0 Å². The minimum Gasteiger partial charge on any atom is -0.380 e. The van der Waals surface area contributed by atoms with Gasteiger partial charge >= 0.3 is 0 Å². The second kappa shape index (κ2) is 5.79. The van der Waals surface area contributed by atoms with E-state index in [1.165, 1.54) is 0 Å². The van der Waals surface area contributed by atoms with Gasteiger partial charge in [0, 0.05) is 19.2 Å². The van der Waals surface area contributed by atoms with Crippen molar-refractivity contribution in [3.63, 3.8) is 0 Å². The van der Waals surface area contributed by atoms with E-state index in [0.717, 1.165) is 5.56 Å². The summed E-state index contributed by atoms with van der Waals surface area (Å²) in [6.45, 7) is 4.08. The third-order valence-electron chi connectivity index (χ3n) is 2.44. The standard InChI is InChI=1S/C12H20N2O3S/c1-12(2,9-13)14-18(15,16)11-6-4-5-10(7-11)8-17-3/h4-7,14H,8-9,13H2,1-3H3. The summed E-state index contributed by atoms with van der Waals surface area (Å²) < 4.78 is 31.9. The van der Waals surface area contributed by atoms with E-state index in [1.807, 2.05) is 6.07 Å². The fraction of sp³-hybridized carbons (Fsp3) is 0.500. The highest BCUT2D eigenvalue weighted by Gasteiger charge is 2.24. The van der Waals surface area contributed by atoms with Crippen molar-refractivity contribution in [3.8, 4) is 0 Å². The number of ether oxygens (including phenoxy) is 1. The predicted molar refractivity (Wildman–Crippen MR) is 70.6 cm³/mol. The van der Waals surface area contributed by atoms with Gasteiger partial charge in [0.25, 0.3) is 0 Å². The summed E-state index contributed by atoms with van der Waals surface area (Å²) in [5.74, 6) is 0. The summed E-state index contributed by atoms with van der Waals surface area (Å²) in [6.07, 6.45) is 0. The topological polar surface area (TPSA) is 81.4 Å². The molecule has 0 radical (unpaired) electrons. The summed E-state index contributed by atoms with van der Waals surface area (Å²) in [5, 5.41) is 0. The molecule has 3 N–H and O–H groups in total. The third kappa shape index (κ3) is 4.06. The van der Waals surface area contributed by atoms with Gasteiger partial charge in [-0.1, -0.05) is 12.1 Å². The van der Waals surface area contributed by atoms with E-state index >= 15 is 0 Å². The molecule has 0 fully saturated rings. The van der Waals surface area contributed by atoms with Crippen LogP contribution in [0.4, 0.5) is 0 Å².